The zero-order valence-electron chi connectivity index (χ0n) is 10.0. The number of imidazole rings is 1. The zero-order valence-corrected chi connectivity index (χ0v) is 10.8. The van der Waals surface area contributed by atoms with Gasteiger partial charge < -0.3 is 20.4 Å². The van der Waals surface area contributed by atoms with Crippen LogP contribution in [-0.4, -0.2) is 47.2 Å². The van der Waals surface area contributed by atoms with Gasteiger partial charge in [0.05, 0.1) is 18.9 Å². The number of aromatic nitrogens is 3. The number of H-pyrrole nitrogens is 1. The van der Waals surface area contributed by atoms with E-state index in [0.717, 1.165) is 18.8 Å². The number of fused-ring (bicyclic) bond motifs is 1. The molecule has 1 fully saturated rings. The molecule has 7 nitrogen and oxygen atoms in total. The molecule has 0 aromatic carbocycles. The number of aromatic amines is 1. The first-order chi connectivity index (χ1) is 9.15. The second-order valence-electron chi connectivity index (χ2n) is 4.21. The van der Waals surface area contributed by atoms with Crippen LogP contribution in [0, 0.1) is 0 Å². The number of morpholine rings is 1. The van der Waals surface area contributed by atoms with Crippen LogP contribution in [0.25, 0.3) is 11.2 Å². The zero-order chi connectivity index (χ0) is 13.4. The third-order valence-electron chi connectivity index (χ3n) is 2.99. The molecule has 1 aliphatic rings. The lowest BCUT2D eigenvalue weighted by atomic mass is 10.3. The van der Waals surface area contributed by atoms with Gasteiger partial charge in [-0.1, -0.05) is 11.6 Å². The van der Waals surface area contributed by atoms with Crippen LogP contribution in [-0.2, 0) is 4.74 Å². The van der Waals surface area contributed by atoms with Gasteiger partial charge in [-0.3, -0.25) is 4.79 Å². The van der Waals surface area contributed by atoms with Gasteiger partial charge in [-0.2, -0.15) is 0 Å². The third kappa shape index (κ3) is 2.22. The molecule has 1 aliphatic heterocycles. The van der Waals surface area contributed by atoms with E-state index in [2.05, 4.69) is 19.9 Å². The fourth-order valence-corrected chi connectivity index (χ4v) is 2.30. The van der Waals surface area contributed by atoms with Crippen LogP contribution in [0.1, 0.15) is 10.6 Å². The Morgan fingerprint density at radius 3 is 2.84 bits per heavy atom. The van der Waals surface area contributed by atoms with Crippen molar-refractivity contribution < 1.29 is 9.53 Å². The highest BCUT2D eigenvalue weighted by Crippen LogP contribution is 2.27. The third-order valence-corrected chi connectivity index (χ3v) is 3.19. The molecule has 2 aromatic heterocycles. The highest BCUT2D eigenvalue weighted by Gasteiger charge is 2.19. The number of rotatable bonds is 2. The second kappa shape index (κ2) is 4.67. The van der Waals surface area contributed by atoms with Gasteiger partial charge in [0.2, 0.25) is 0 Å². The molecule has 19 heavy (non-hydrogen) atoms. The Morgan fingerprint density at radius 2 is 2.16 bits per heavy atom. The van der Waals surface area contributed by atoms with Crippen molar-refractivity contribution in [3.05, 3.63) is 17.0 Å². The van der Waals surface area contributed by atoms with E-state index in [1.165, 1.54) is 0 Å². The number of nitrogens with one attached hydrogen (secondary N) is 1. The number of amides is 1. The largest absolute Gasteiger partial charge is 0.378 e. The Hall–Kier alpha value is -1.86. The molecule has 2 aromatic rings. The summed E-state index contributed by atoms with van der Waals surface area (Å²) in [4.78, 5) is 24.3. The van der Waals surface area contributed by atoms with Crippen molar-refractivity contribution in [2.24, 2.45) is 5.73 Å². The van der Waals surface area contributed by atoms with Crippen molar-refractivity contribution in [1.82, 2.24) is 15.0 Å². The molecule has 1 amide bonds. The van der Waals surface area contributed by atoms with Gasteiger partial charge in [-0.25, -0.2) is 9.97 Å². The number of halogens is 1. The molecule has 0 atom stereocenters. The van der Waals surface area contributed by atoms with Gasteiger partial charge in [-0.15, -0.1) is 0 Å². The first-order valence-electron chi connectivity index (χ1n) is 5.84. The molecular formula is C11H12ClN5O2. The summed E-state index contributed by atoms with van der Waals surface area (Å²) < 4.78 is 5.32. The highest BCUT2D eigenvalue weighted by atomic mass is 35.5. The molecule has 0 radical (unpaired) electrons. The van der Waals surface area contributed by atoms with E-state index in [-0.39, 0.29) is 5.82 Å². The minimum atomic E-state index is -0.623. The van der Waals surface area contributed by atoms with Gasteiger partial charge >= 0.3 is 0 Å². The van der Waals surface area contributed by atoms with E-state index >= 15 is 0 Å². The van der Waals surface area contributed by atoms with Gasteiger partial charge in [-0.05, 0) is 0 Å². The smallest absolute Gasteiger partial charge is 0.284 e. The Morgan fingerprint density at radius 1 is 1.42 bits per heavy atom. The summed E-state index contributed by atoms with van der Waals surface area (Å²) in [6.45, 7) is 2.80. The van der Waals surface area contributed by atoms with E-state index in [1.54, 1.807) is 6.07 Å². The van der Waals surface area contributed by atoms with Gasteiger partial charge in [0.1, 0.15) is 10.7 Å². The molecule has 3 rings (SSSR count). The fraction of sp³-hybridized carbons (Fsp3) is 0.364. The van der Waals surface area contributed by atoms with Crippen LogP contribution in [0.2, 0.25) is 5.15 Å². The first-order valence-corrected chi connectivity index (χ1v) is 6.21. The number of carbonyl (C=O) groups excluding carboxylic acids is 1. The van der Waals surface area contributed by atoms with Crippen LogP contribution in [0.4, 0.5) is 5.69 Å². The Balaban J connectivity index is 2.13. The molecule has 0 unspecified atom stereocenters. The number of primary amides is 1. The van der Waals surface area contributed by atoms with Crippen molar-refractivity contribution in [3.63, 3.8) is 0 Å². The monoisotopic (exact) mass is 281 g/mol. The average molecular weight is 282 g/mol. The summed E-state index contributed by atoms with van der Waals surface area (Å²) in [6, 6.07) is 1.75. The lowest BCUT2D eigenvalue weighted by Crippen LogP contribution is -2.36. The van der Waals surface area contributed by atoms with Crippen molar-refractivity contribution in [1.29, 1.82) is 0 Å². The molecule has 8 heteroatoms. The van der Waals surface area contributed by atoms with Crippen LogP contribution in [0.15, 0.2) is 6.07 Å². The lowest BCUT2D eigenvalue weighted by Gasteiger charge is -2.29. The van der Waals surface area contributed by atoms with Gasteiger partial charge in [0.15, 0.2) is 11.5 Å². The number of anilines is 1. The summed E-state index contributed by atoms with van der Waals surface area (Å²) in [5.41, 5.74) is 7.13. The molecule has 1 saturated heterocycles. The van der Waals surface area contributed by atoms with Crippen LogP contribution >= 0.6 is 11.6 Å². The van der Waals surface area contributed by atoms with Crippen molar-refractivity contribution in [2.75, 3.05) is 31.2 Å². The highest BCUT2D eigenvalue weighted by molar-refractivity contribution is 6.30. The molecular weight excluding hydrogens is 270 g/mol. The number of pyridine rings is 1. The average Bonchev–Trinajstić information content (AvgIpc) is 2.82. The van der Waals surface area contributed by atoms with Crippen molar-refractivity contribution in [3.8, 4) is 0 Å². The van der Waals surface area contributed by atoms with Crippen molar-refractivity contribution >= 4 is 34.4 Å². The maximum Gasteiger partial charge on any atom is 0.284 e. The van der Waals surface area contributed by atoms with E-state index in [9.17, 15) is 4.79 Å². The van der Waals surface area contributed by atoms with Gasteiger partial charge in [0.25, 0.3) is 5.91 Å². The predicted molar refractivity (Wildman–Crippen MR) is 70.4 cm³/mol. The second-order valence-corrected chi connectivity index (χ2v) is 4.60. The summed E-state index contributed by atoms with van der Waals surface area (Å²) in [7, 11) is 0. The molecule has 100 valence electrons. The topological polar surface area (TPSA) is 97.1 Å². The Kier molecular flexibility index (Phi) is 3.00. The molecule has 0 aliphatic carbocycles. The van der Waals surface area contributed by atoms with E-state index in [1.807, 2.05) is 0 Å². The first kappa shape index (κ1) is 12.2. The fourth-order valence-electron chi connectivity index (χ4n) is 2.11. The van der Waals surface area contributed by atoms with E-state index in [0.29, 0.717) is 29.5 Å². The Bertz CT molecular complexity index is 635. The lowest BCUT2D eigenvalue weighted by molar-refractivity contribution is 0.0991. The maximum atomic E-state index is 11.2. The number of hydrogen-bond donors (Lipinski definition) is 2. The van der Waals surface area contributed by atoms with Crippen LogP contribution < -0.4 is 10.6 Å². The van der Waals surface area contributed by atoms with E-state index in [4.69, 9.17) is 22.1 Å². The standard InChI is InChI=1S/C11H12ClN5O2/c12-7-5-6(17-1-3-19-4-2-17)8-10(14-7)16-11(15-8)9(13)18/h5H,1-4H2,(H2,13,18)(H,14,15,16). The van der Waals surface area contributed by atoms with E-state index < -0.39 is 5.91 Å². The summed E-state index contributed by atoms with van der Waals surface area (Å²) in [6.07, 6.45) is 0. The number of carbonyl (C=O) groups is 1. The maximum absolute atomic E-state index is 11.2. The summed E-state index contributed by atoms with van der Waals surface area (Å²) >= 11 is 5.99. The van der Waals surface area contributed by atoms with Crippen LogP contribution in [0.3, 0.4) is 0 Å². The normalized spacial score (nSPS) is 15.9. The summed E-state index contributed by atoms with van der Waals surface area (Å²) in [5, 5.41) is 0.330. The van der Waals surface area contributed by atoms with Crippen LogP contribution in [0.5, 0.6) is 0 Å². The minimum Gasteiger partial charge on any atom is -0.378 e. The molecule has 0 bridgehead atoms. The number of nitrogens with two attached hydrogens (primary N) is 1. The quantitative estimate of drug-likeness (QED) is 0.784. The minimum absolute atomic E-state index is 0.0827. The SMILES string of the molecule is NC(=O)c1nc2nc(Cl)cc(N3CCOCC3)c2[nH]1. The number of hydrogen-bond acceptors (Lipinski definition) is 5. The molecule has 0 spiro atoms. The van der Waals surface area contributed by atoms with Gasteiger partial charge in [0, 0.05) is 19.2 Å². The molecule has 3 N–H and O–H groups in total. The van der Waals surface area contributed by atoms with Crippen molar-refractivity contribution in [2.45, 2.75) is 0 Å². The number of ether oxygens (including phenoxy) is 1. The molecule has 0 saturated carbocycles. The molecule has 3 heterocycles. The Labute approximate surface area is 113 Å². The predicted octanol–water partition coefficient (Wildman–Crippen LogP) is 0.547. The number of nitrogens with zero attached hydrogens (tertiary/aromatic N) is 3. The summed E-state index contributed by atoms with van der Waals surface area (Å²) in [5.74, 6) is -0.540.